The zero-order chi connectivity index (χ0) is 13.4. The Morgan fingerprint density at radius 1 is 0.944 bits per heavy atom. The zero-order valence-electron chi connectivity index (χ0n) is 10.3. The largest absolute Gasteiger partial charge is 0.420 e. The Balaban J connectivity index is 3.34. The number of allylic oxidation sites excluding steroid dienone is 9. The summed E-state index contributed by atoms with van der Waals surface area (Å²) in [6.07, 6.45) is 14.5. The van der Waals surface area contributed by atoms with Crippen LogP contribution in [0.3, 0.4) is 0 Å². The molecule has 0 amide bonds. The Bertz CT molecular complexity index is 487. The topological polar surface area (TPSA) is 9.23 Å². The van der Waals surface area contributed by atoms with Gasteiger partial charge in [0.25, 0.3) is 0 Å². The highest BCUT2D eigenvalue weighted by Crippen LogP contribution is 2.39. The predicted molar refractivity (Wildman–Crippen MR) is 81.8 cm³/mol. The smallest absolute Gasteiger partial charge is 0.145 e. The SMILES string of the molecule is C=C/C=C\C1=C(C=C)C(=C/C=C)/C(=C\C=C)OS1. The van der Waals surface area contributed by atoms with Crippen LogP contribution in [-0.2, 0) is 4.18 Å². The number of hydrogen-bond donors (Lipinski definition) is 0. The van der Waals surface area contributed by atoms with Gasteiger partial charge >= 0.3 is 0 Å². The van der Waals surface area contributed by atoms with E-state index in [9.17, 15) is 0 Å². The molecule has 1 nitrogen and oxygen atoms in total. The molecule has 0 spiro atoms. The summed E-state index contributed by atoms with van der Waals surface area (Å²) in [6.45, 7) is 14.9. The molecule has 0 saturated carbocycles. The Labute approximate surface area is 113 Å². The quantitative estimate of drug-likeness (QED) is 0.504. The lowest BCUT2D eigenvalue weighted by Gasteiger charge is -2.21. The standard InChI is InChI=1S/C16H16OS/c1-5-9-12-16-13(8-4)14(10-6-2)15(11-7-3)17-18-16/h5-12H,1-4H2/b12-9-,14-10-,15-11+. The van der Waals surface area contributed by atoms with E-state index in [0.29, 0.717) is 0 Å². The van der Waals surface area contributed by atoms with Crippen molar-refractivity contribution < 1.29 is 4.18 Å². The van der Waals surface area contributed by atoms with E-state index in [1.807, 2.05) is 30.4 Å². The molecule has 92 valence electrons. The van der Waals surface area contributed by atoms with E-state index >= 15 is 0 Å². The zero-order valence-corrected chi connectivity index (χ0v) is 11.1. The van der Waals surface area contributed by atoms with Gasteiger partial charge in [-0.1, -0.05) is 62.8 Å². The maximum Gasteiger partial charge on any atom is 0.145 e. The fourth-order valence-corrected chi connectivity index (χ4v) is 2.19. The first-order chi connectivity index (χ1) is 8.78. The molecule has 0 saturated heterocycles. The average molecular weight is 256 g/mol. The van der Waals surface area contributed by atoms with Gasteiger partial charge in [0.2, 0.25) is 0 Å². The summed E-state index contributed by atoms with van der Waals surface area (Å²) in [5, 5.41) is 0. The van der Waals surface area contributed by atoms with E-state index in [-0.39, 0.29) is 0 Å². The fraction of sp³-hybridized carbons (Fsp3) is 0. The second kappa shape index (κ2) is 7.41. The monoisotopic (exact) mass is 256 g/mol. The van der Waals surface area contributed by atoms with Crippen LogP contribution in [0.15, 0.2) is 96.7 Å². The molecule has 0 bridgehead atoms. The van der Waals surface area contributed by atoms with Crippen LogP contribution < -0.4 is 0 Å². The first-order valence-corrected chi connectivity index (χ1v) is 6.19. The van der Waals surface area contributed by atoms with Crippen molar-refractivity contribution in [2.45, 2.75) is 0 Å². The maximum atomic E-state index is 5.62. The van der Waals surface area contributed by atoms with Gasteiger partial charge in [0.15, 0.2) is 0 Å². The van der Waals surface area contributed by atoms with Crippen molar-refractivity contribution in [2.24, 2.45) is 0 Å². The van der Waals surface area contributed by atoms with Gasteiger partial charge < -0.3 is 4.18 Å². The molecular weight excluding hydrogens is 240 g/mol. The van der Waals surface area contributed by atoms with Crippen LogP contribution in [0.1, 0.15) is 0 Å². The van der Waals surface area contributed by atoms with Crippen molar-refractivity contribution >= 4 is 12.0 Å². The third-order valence-electron chi connectivity index (χ3n) is 2.18. The van der Waals surface area contributed by atoms with Crippen LogP contribution in [0, 0.1) is 0 Å². The second-order valence-electron chi connectivity index (χ2n) is 3.33. The minimum atomic E-state index is 0.751. The van der Waals surface area contributed by atoms with Crippen LogP contribution in [0.2, 0.25) is 0 Å². The first-order valence-electron chi connectivity index (χ1n) is 5.45. The number of rotatable bonds is 5. The van der Waals surface area contributed by atoms with E-state index in [4.69, 9.17) is 4.18 Å². The summed E-state index contributed by atoms with van der Waals surface area (Å²) < 4.78 is 5.62. The Morgan fingerprint density at radius 3 is 2.22 bits per heavy atom. The van der Waals surface area contributed by atoms with Crippen LogP contribution >= 0.6 is 12.0 Å². The van der Waals surface area contributed by atoms with Crippen LogP contribution in [0.4, 0.5) is 0 Å². The van der Waals surface area contributed by atoms with E-state index < -0.39 is 0 Å². The van der Waals surface area contributed by atoms with Crippen molar-refractivity contribution in [3.8, 4) is 0 Å². The lowest BCUT2D eigenvalue weighted by atomic mass is 10.0. The minimum absolute atomic E-state index is 0.751. The Hall–Kier alpha value is -1.93. The van der Waals surface area contributed by atoms with E-state index in [0.717, 1.165) is 21.8 Å². The molecule has 1 rings (SSSR count). The van der Waals surface area contributed by atoms with E-state index in [1.165, 1.54) is 12.0 Å². The molecule has 0 unspecified atom stereocenters. The molecule has 18 heavy (non-hydrogen) atoms. The van der Waals surface area contributed by atoms with Gasteiger partial charge in [0, 0.05) is 11.1 Å². The van der Waals surface area contributed by atoms with Gasteiger partial charge in [0.1, 0.15) is 5.76 Å². The fourth-order valence-electron chi connectivity index (χ4n) is 1.44. The molecule has 0 aromatic heterocycles. The summed E-state index contributed by atoms with van der Waals surface area (Å²) in [4.78, 5) is 0.985. The van der Waals surface area contributed by atoms with Crippen LogP contribution in [0.5, 0.6) is 0 Å². The minimum Gasteiger partial charge on any atom is -0.420 e. The van der Waals surface area contributed by atoms with Gasteiger partial charge in [-0.2, -0.15) is 0 Å². The Kier molecular flexibility index (Phi) is 5.81. The molecule has 2 heteroatoms. The van der Waals surface area contributed by atoms with E-state index in [1.54, 1.807) is 18.2 Å². The van der Waals surface area contributed by atoms with Crippen LogP contribution in [0.25, 0.3) is 0 Å². The lowest BCUT2D eigenvalue weighted by molar-refractivity contribution is 0.513. The molecular formula is C16H16OS. The predicted octanol–water partition coefficient (Wildman–Crippen LogP) is 5.03. The van der Waals surface area contributed by atoms with Crippen LogP contribution in [-0.4, -0.2) is 0 Å². The van der Waals surface area contributed by atoms with Gasteiger partial charge in [0.05, 0.1) is 16.9 Å². The molecule has 0 atom stereocenters. The van der Waals surface area contributed by atoms with Crippen molar-refractivity contribution in [3.63, 3.8) is 0 Å². The lowest BCUT2D eigenvalue weighted by Crippen LogP contribution is -2.02. The highest BCUT2D eigenvalue weighted by Gasteiger charge is 2.20. The van der Waals surface area contributed by atoms with Crippen molar-refractivity contribution in [1.82, 2.24) is 0 Å². The molecule has 1 aliphatic heterocycles. The molecule has 0 aromatic rings. The molecule has 0 aromatic carbocycles. The molecule has 1 aliphatic rings. The van der Waals surface area contributed by atoms with Crippen molar-refractivity contribution in [1.29, 1.82) is 0 Å². The van der Waals surface area contributed by atoms with Crippen molar-refractivity contribution in [2.75, 3.05) is 0 Å². The Morgan fingerprint density at radius 2 is 1.67 bits per heavy atom. The first kappa shape index (κ1) is 14.1. The summed E-state index contributed by atoms with van der Waals surface area (Å²) in [7, 11) is 0. The molecule has 0 radical (unpaired) electrons. The maximum absolute atomic E-state index is 5.62. The third kappa shape index (κ3) is 3.28. The highest BCUT2D eigenvalue weighted by atomic mass is 32.2. The summed E-state index contributed by atoms with van der Waals surface area (Å²) in [5.41, 5.74) is 1.96. The third-order valence-corrected chi connectivity index (χ3v) is 2.98. The summed E-state index contributed by atoms with van der Waals surface area (Å²) in [6, 6.07) is 0. The normalized spacial score (nSPS) is 20.0. The van der Waals surface area contributed by atoms with Crippen molar-refractivity contribution in [3.05, 3.63) is 96.7 Å². The molecule has 1 heterocycles. The van der Waals surface area contributed by atoms with E-state index in [2.05, 4.69) is 26.3 Å². The van der Waals surface area contributed by atoms with Gasteiger partial charge in [-0.05, 0) is 12.2 Å². The van der Waals surface area contributed by atoms with Gasteiger partial charge in [-0.3, -0.25) is 0 Å². The summed E-state index contributed by atoms with van der Waals surface area (Å²) in [5.74, 6) is 0.751. The average Bonchev–Trinajstić information content (AvgIpc) is 2.39. The number of hydrogen-bond acceptors (Lipinski definition) is 2. The molecule has 0 fully saturated rings. The molecule has 0 aliphatic carbocycles. The molecule has 0 N–H and O–H groups in total. The highest BCUT2D eigenvalue weighted by molar-refractivity contribution is 7.99. The van der Waals surface area contributed by atoms with Gasteiger partial charge in [-0.25, -0.2) is 0 Å². The summed E-state index contributed by atoms with van der Waals surface area (Å²) >= 11 is 1.30. The van der Waals surface area contributed by atoms with Gasteiger partial charge in [-0.15, -0.1) is 0 Å². The second-order valence-corrected chi connectivity index (χ2v) is 4.10.